The van der Waals surface area contributed by atoms with Gasteiger partial charge in [-0.25, -0.2) is 9.13 Å². The molecule has 0 aromatic heterocycles. The van der Waals surface area contributed by atoms with Crippen LogP contribution in [0, 0.1) is 11.8 Å². The van der Waals surface area contributed by atoms with Crippen LogP contribution in [0.5, 0.6) is 0 Å². The van der Waals surface area contributed by atoms with Gasteiger partial charge in [0.15, 0.2) is 12.2 Å². The van der Waals surface area contributed by atoms with Gasteiger partial charge in [0.2, 0.25) is 0 Å². The van der Waals surface area contributed by atoms with Gasteiger partial charge in [-0.1, -0.05) is 388 Å². The first kappa shape index (κ1) is 100. The van der Waals surface area contributed by atoms with Gasteiger partial charge < -0.3 is 33.8 Å². The van der Waals surface area contributed by atoms with Crippen molar-refractivity contribution >= 4 is 39.5 Å². The Morgan fingerprint density at radius 2 is 0.451 bits per heavy atom. The van der Waals surface area contributed by atoms with E-state index >= 15 is 0 Å². The molecule has 0 aromatic rings. The molecule has 0 aliphatic carbocycles. The molecule has 0 heterocycles. The van der Waals surface area contributed by atoms with Crippen molar-refractivity contribution in [2.45, 2.75) is 458 Å². The van der Waals surface area contributed by atoms with E-state index < -0.39 is 97.5 Å². The van der Waals surface area contributed by atoms with E-state index in [9.17, 15) is 43.2 Å². The average Bonchev–Trinajstić information content (AvgIpc) is 0.910. The van der Waals surface area contributed by atoms with Gasteiger partial charge in [-0.3, -0.25) is 37.3 Å². The summed E-state index contributed by atoms with van der Waals surface area (Å²) in [6.45, 7) is 9.71. The van der Waals surface area contributed by atoms with E-state index in [4.69, 9.17) is 37.0 Å². The normalized spacial score (nSPS) is 13.9. The lowest BCUT2D eigenvalue weighted by Gasteiger charge is -2.21. The van der Waals surface area contributed by atoms with Crippen LogP contribution >= 0.6 is 15.6 Å². The Morgan fingerprint density at radius 1 is 0.265 bits per heavy atom. The quantitative estimate of drug-likeness (QED) is 0.0222. The zero-order chi connectivity index (χ0) is 74.9. The van der Waals surface area contributed by atoms with E-state index in [2.05, 4.69) is 41.5 Å². The first-order chi connectivity index (χ1) is 49.4. The van der Waals surface area contributed by atoms with Crippen molar-refractivity contribution in [1.82, 2.24) is 0 Å². The Hall–Kier alpha value is -1.94. The lowest BCUT2D eigenvalue weighted by molar-refractivity contribution is -0.161. The first-order valence-electron chi connectivity index (χ1n) is 43.0. The van der Waals surface area contributed by atoms with Crippen LogP contribution in [0.1, 0.15) is 440 Å². The van der Waals surface area contributed by atoms with Crippen molar-refractivity contribution in [1.29, 1.82) is 0 Å². The number of carbonyl (C=O) groups is 4. The number of carbonyl (C=O) groups excluding carboxylic acids is 4. The number of esters is 4. The standard InChI is InChI=1S/C83H162O17P2/c1-7-9-11-13-15-17-19-27-35-41-47-53-59-65-80(85)93-71-78(99-82(87)67-61-55-49-43-37-28-20-18-16-14-12-10-8-2)73-97-101(89,90)95-69-77(84)70-96-102(91,92)98-74-79(100-83(88)68-62-56-50-44-38-32-26-22-24-30-34-40-46-52-58-64-76(5)6)72-94-81(86)66-60-54-48-42-36-31-25-21-23-29-33-39-45-51-57-63-75(3)4/h75-79,84H,7-74H2,1-6H3,(H,89,90)(H,91,92)/t77-,78+,79+/m0/s1. The molecule has 2 unspecified atom stereocenters. The molecule has 0 bridgehead atoms. The van der Waals surface area contributed by atoms with Gasteiger partial charge in [-0.15, -0.1) is 0 Å². The molecule has 0 saturated heterocycles. The molecule has 606 valence electrons. The van der Waals surface area contributed by atoms with Crippen LogP contribution < -0.4 is 0 Å². The monoisotopic (exact) mass is 1490 g/mol. The summed E-state index contributed by atoms with van der Waals surface area (Å²) in [6, 6.07) is 0. The van der Waals surface area contributed by atoms with Gasteiger partial charge in [0.1, 0.15) is 19.3 Å². The van der Waals surface area contributed by atoms with Gasteiger partial charge in [-0.05, 0) is 37.5 Å². The smallest absolute Gasteiger partial charge is 0.462 e. The topological polar surface area (TPSA) is 237 Å². The first-order valence-corrected chi connectivity index (χ1v) is 46.0. The summed E-state index contributed by atoms with van der Waals surface area (Å²) in [5.74, 6) is -0.494. The van der Waals surface area contributed by atoms with E-state index in [1.54, 1.807) is 0 Å². The molecule has 5 atom stereocenters. The maximum Gasteiger partial charge on any atom is 0.472 e. The fraction of sp³-hybridized carbons (Fsp3) is 0.952. The molecule has 0 saturated carbocycles. The number of unbranched alkanes of at least 4 members (excludes halogenated alkanes) is 52. The van der Waals surface area contributed by atoms with Crippen LogP contribution in [0.2, 0.25) is 0 Å². The molecule has 19 heteroatoms. The molecule has 0 spiro atoms. The van der Waals surface area contributed by atoms with Crippen molar-refractivity contribution in [3.8, 4) is 0 Å². The van der Waals surface area contributed by atoms with Gasteiger partial charge in [0.25, 0.3) is 0 Å². The predicted molar refractivity (Wildman–Crippen MR) is 418 cm³/mol. The number of aliphatic hydroxyl groups excluding tert-OH is 1. The minimum absolute atomic E-state index is 0.108. The Labute approximate surface area is 626 Å². The van der Waals surface area contributed by atoms with Gasteiger partial charge in [0, 0.05) is 25.7 Å². The van der Waals surface area contributed by atoms with Crippen LogP contribution in [0.3, 0.4) is 0 Å². The molecule has 17 nitrogen and oxygen atoms in total. The Balaban J connectivity index is 5.26. The van der Waals surface area contributed by atoms with Crippen LogP contribution in [-0.4, -0.2) is 96.7 Å². The molecule has 0 amide bonds. The minimum atomic E-state index is -4.96. The highest BCUT2D eigenvalue weighted by Crippen LogP contribution is 2.45. The van der Waals surface area contributed by atoms with Crippen molar-refractivity contribution < 1.29 is 80.2 Å². The number of ether oxygens (including phenoxy) is 4. The number of hydrogen-bond donors (Lipinski definition) is 3. The minimum Gasteiger partial charge on any atom is -0.462 e. The molecule has 0 rings (SSSR count). The molecular weight excluding hydrogens is 1330 g/mol. The second kappa shape index (κ2) is 74.5. The summed E-state index contributed by atoms with van der Waals surface area (Å²) < 4.78 is 68.8. The number of phosphoric acid groups is 2. The van der Waals surface area contributed by atoms with E-state index in [0.717, 1.165) is 102 Å². The zero-order valence-corrected chi connectivity index (χ0v) is 68.7. The highest BCUT2D eigenvalue weighted by atomic mass is 31.2. The number of phosphoric ester groups is 2. The van der Waals surface area contributed by atoms with E-state index in [1.165, 1.54) is 257 Å². The maximum atomic E-state index is 13.1. The summed E-state index contributed by atoms with van der Waals surface area (Å²) >= 11 is 0. The van der Waals surface area contributed by atoms with Crippen LogP contribution in [0.25, 0.3) is 0 Å². The fourth-order valence-electron chi connectivity index (χ4n) is 12.9. The molecule has 0 aliphatic heterocycles. The largest absolute Gasteiger partial charge is 0.472 e. The van der Waals surface area contributed by atoms with Crippen molar-refractivity contribution in [3.05, 3.63) is 0 Å². The third-order valence-corrected chi connectivity index (χ3v) is 21.4. The van der Waals surface area contributed by atoms with Gasteiger partial charge >= 0.3 is 39.5 Å². The highest BCUT2D eigenvalue weighted by Gasteiger charge is 2.30. The van der Waals surface area contributed by atoms with E-state index in [0.29, 0.717) is 25.7 Å². The second-order valence-electron chi connectivity index (χ2n) is 30.8. The Kier molecular flexibility index (Phi) is 73.1. The maximum absolute atomic E-state index is 13.1. The predicted octanol–water partition coefficient (Wildman–Crippen LogP) is 25.1. The fourth-order valence-corrected chi connectivity index (χ4v) is 14.5. The molecule has 3 N–H and O–H groups in total. The molecule has 0 aliphatic rings. The number of aliphatic hydroxyl groups is 1. The highest BCUT2D eigenvalue weighted by molar-refractivity contribution is 7.47. The second-order valence-corrected chi connectivity index (χ2v) is 33.7. The molecule has 0 fully saturated rings. The van der Waals surface area contributed by atoms with Gasteiger partial charge in [-0.2, -0.15) is 0 Å². The molecule has 0 radical (unpaired) electrons. The summed E-state index contributed by atoms with van der Waals surface area (Å²) in [4.78, 5) is 73.1. The van der Waals surface area contributed by atoms with Crippen LogP contribution in [-0.2, 0) is 65.4 Å². The summed E-state index contributed by atoms with van der Waals surface area (Å²) in [7, 11) is -9.92. The molecule has 0 aromatic carbocycles. The van der Waals surface area contributed by atoms with E-state index in [1.807, 2.05) is 0 Å². The molecule has 102 heavy (non-hydrogen) atoms. The van der Waals surface area contributed by atoms with Crippen LogP contribution in [0.4, 0.5) is 0 Å². The number of hydrogen-bond acceptors (Lipinski definition) is 15. The third kappa shape index (κ3) is 76.3. The van der Waals surface area contributed by atoms with E-state index in [-0.39, 0.29) is 25.7 Å². The van der Waals surface area contributed by atoms with Crippen LogP contribution in [0.15, 0.2) is 0 Å². The Bertz CT molecular complexity index is 1960. The molecular formula is C83H162O17P2. The SMILES string of the molecule is CCCCCCCCCCCCCCCC(=O)OC[C@H](COP(=O)(O)OC[C@H](O)COP(=O)(O)OC[C@@H](COC(=O)CCCCCCCCCCCCCCCCCC(C)C)OC(=O)CCCCCCCCCCCCCCCCCC(C)C)OC(=O)CCCCCCCCCCCCCCC. The van der Waals surface area contributed by atoms with Crippen molar-refractivity contribution in [2.24, 2.45) is 11.8 Å². The average molecular weight is 1490 g/mol. The van der Waals surface area contributed by atoms with Gasteiger partial charge in [0.05, 0.1) is 26.4 Å². The summed E-state index contributed by atoms with van der Waals surface area (Å²) in [6.07, 6.45) is 65.0. The zero-order valence-electron chi connectivity index (χ0n) is 66.9. The lowest BCUT2D eigenvalue weighted by Crippen LogP contribution is -2.30. The number of rotatable bonds is 82. The van der Waals surface area contributed by atoms with Crippen molar-refractivity contribution in [3.63, 3.8) is 0 Å². The summed E-state index contributed by atoms with van der Waals surface area (Å²) in [5.41, 5.74) is 0. The van der Waals surface area contributed by atoms with Crippen molar-refractivity contribution in [2.75, 3.05) is 39.6 Å². The third-order valence-electron chi connectivity index (χ3n) is 19.5. The summed E-state index contributed by atoms with van der Waals surface area (Å²) in [5, 5.41) is 10.7. The Morgan fingerprint density at radius 3 is 0.667 bits per heavy atom. The lowest BCUT2D eigenvalue weighted by atomic mass is 10.0.